The third-order valence-corrected chi connectivity index (χ3v) is 3.62. The maximum atomic E-state index is 12.4. The van der Waals surface area contributed by atoms with Gasteiger partial charge in [0.1, 0.15) is 5.15 Å². The summed E-state index contributed by atoms with van der Waals surface area (Å²) < 4.78 is 0. The molecule has 0 aliphatic carbocycles. The average molecular weight is 293 g/mol. The molecule has 0 fully saturated rings. The number of hydrogen-bond donors (Lipinski definition) is 0. The molecule has 0 atom stereocenters. The van der Waals surface area contributed by atoms with Gasteiger partial charge in [0.2, 0.25) is 0 Å². The topological polar surface area (TPSA) is 33.2 Å². The van der Waals surface area contributed by atoms with Crippen LogP contribution in [-0.2, 0) is 6.54 Å². The van der Waals surface area contributed by atoms with E-state index in [1.54, 1.807) is 34.4 Å². The van der Waals surface area contributed by atoms with Crippen LogP contribution >= 0.6 is 22.9 Å². The first kappa shape index (κ1) is 13.8. The van der Waals surface area contributed by atoms with Crippen molar-refractivity contribution in [3.05, 3.63) is 64.1 Å². The second-order valence-corrected chi connectivity index (χ2v) is 5.34. The largest absolute Gasteiger partial charge is 0.330 e. The van der Waals surface area contributed by atoms with Crippen molar-refractivity contribution in [1.29, 1.82) is 0 Å². The van der Waals surface area contributed by atoms with Crippen molar-refractivity contribution in [2.75, 3.05) is 6.54 Å². The first-order valence-electron chi connectivity index (χ1n) is 5.75. The molecule has 2 heterocycles. The van der Waals surface area contributed by atoms with Crippen molar-refractivity contribution in [2.24, 2.45) is 0 Å². The first-order valence-corrected chi connectivity index (χ1v) is 7.00. The zero-order chi connectivity index (χ0) is 13.7. The summed E-state index contributed by atoms with van der Waals surface area (Å²) in [6, 6.07) is 7.28. The highest BCUT2D eigenvalue weighted by Gasteiger charge is 2.15. The molecule has 0 aliphatic rings. The third kappa shape index (κ3) is 3.66. The molecule has 0 spiro atoms. The Balaban J connectivity index is 2.16. The molecule has 98 valence electrons. The Morgan fingerprint density at radius 1 is 1.47 bits per heavy atom. The number of carbonyl (C=O) groups is 1. The minimum absolute atomic E-state index is 0.0718. The lowest BCUT2D eigenvalue weighted by atomic mass is 10.2. The zero-order valence-corrected chi connectivity index (χ0v) is 11.8. The number of halogens is 1. The molecule has 19 heavy (non-hydrogen) atoms. The lowest BCUT2D eigenvalue weighted by Crippen LogP contribution is -2.30. The minimum atomic E-state index is -0.0718. The fraction of sp³-hybridized carbons (Fsp3) is 0.143. The van der Waals surface area contributed by atoms with Crippen LogP contribution in [0.3, 0.4) is 0 Å². The van der Waals surface area contributed by atoms with Gasteiger partial charge in [0.05, 0.1) is 12.1 Å². The molecular weight excluding hydrogens is 280 g/mol. The molecule has 0 bridgehead atoms. The van der Waals surface area contributed by atoms with Gasteiger partial charge in [-0.3, -0.25) is 4.79 Å². The van der Waals surface area contributed by atoms with E-state index in [1.165, 1.54) is 6.20 Å². The van der Waals surface area contributed by atoms with Gasteiger partial charge in [0.15, 0.2) is 0 Å². The molecule has 0 saturated heterocycles. The second kappa shape index (κ2) is 6.50. The predicted molar refractivity (Wildman–Crippen MR) is 78.5 cm³/mol. The van der Waals surface area contributed by atoms with Gasteiger partial charge in [-0.2, -0.15) is 0 Å². The van der Waals surface area contributed by atoms with E-state index >= 15 is 0 Å². The minimum Gasteiger partial charge on any atom is -0.330 e. The van der Waals surface area contributed by atoms with E-state index in [2.05, 4.69) is 11.6 Å². The van der Waals surface area contributed by atoms with Gasteiger partial charge in [0.25, 0.3) is 5.91 Å². The summed E-state index contributed by atoms with van der Waals surface area (Å²) in [7, 11) is 0. The summed E-state index contributed by atoms with van der Waals surface area (Å²) in [6.45, 7) is 4.77. The van der Waals surface area contributed by atoms with Crippen molar-refractivity contribution < 1.29 is 4.79 Å². The first-order chi connectivity index (χ1) is 9.20. The Hall–Kier alpha value is -1.65. The summed E-state index contributed by atoms with van der Waals surface area (Å²) in [5.41, 5.74) is 0.530. The van der Waals surface area contributed by atoms with Gasteiger partial charge < -0.3 is 4.90 Å². The number of thiophene rings is 1. The fourth-order valence-electron chi connectivity index (χ4n) is 1.65. The Kier molecular flexibility index (Phi) is 4.71. The molecule has 3 nitrogen and oxygen atoms in total. The van der Waals surface area contributed by atoms with Crippen LogP contribution in [0, 0.1) is 0 Å². The molecule has 0 aromatic carbocycles. The van der Waals surface area contributed by atoms with E-state index in [-0.39, 0.29) is 5.91 Å². The van der Waals surface area contributed by atoms with E-state index in [0.717, 1.165) is 4.88 Å². The number of aromatic nitrogens is 1. The Labute approximate surface area is 121 Å². The van der Waals surface area contributed by atoms with E-state index in [4.69, 9.17) is 11.6 Å². The molecule has 2 aromatic heterocycles. The van der Waals surface area contributed by atoms with Gasteiger partial charge >= 0.3 is 0 Å². The van der Waals surface area contributed by atoms with Crippen LogP contribution in [0.1, 0.15) is 15.2 Å². The number of rotatable bonds is 5. The van der Waals surface area contributed by atoms with E-state index in [9.17, 15) is 4.79 Å². The molecule has 0 unspecified atom stereocenters. The molecule has 2 rings (SSSR count). The number of amides is 1. The molecule has 0 saturated carbocycles. The fourth-order valence-corrected chi connectivity index (χ4v) is 2.48. The summed E-state index contributed by atoms with van der Waals surface area (Å²) >= 11 is 7.35. The molecule has 0 N–H and O–H groups in total. The lowest BCUT2D eigenvalue weighted by molar-refractivity contribution is 0.0764. The van der Waals surface area contributed by atoms with Gasteiger partial charge in [-0.05, 0) is 23.6 Å². The standard InChI is InChI=1S/C14H13ClN2OS/c1-2-7-17(10-12-4-3-8-19-12)14(18)11-5-6-13(15)16-9-11/h2-6,8-9H,1,7,10H2. The Morgan fingerprint density at radius 3 is 2.89 bits per heavy atom. The highest BCUT2D eigenvalue weighted by atomic mass is 35.5. The average Bonchev–Trinajstić information content (AvgIpc) is 2.91. The smallest absolute Gasteiger partial charge is 0.256 e. The van der Waals surface area contributed by atoms with Crippen molar-refractivity contribution in [2.45, 2.75) is 6.54 Å². The van der Waals surface area contributed by atoms with Gasteiger partial charge in [0, 0.05) is 17.6 Å². The Morgan fingerprint density at radius 2 is 2.32 bits per heavy atom. The highest BCUT2D eigenvalue weighted by Crippen LogP contribution is 2.15. The van der Waals surface area contributed by atoms with Crippen molar-refractivity contribution in [3.8, 4) is 0 Å². The number of pyridine rings is 1. The molecule has 0 radical (unpaired) electrons. The number of nitrogens with zero attached hydrogens (tertiary/aromatic N) is 2. The van der Waals surface area contributed by atoms with Crippen LogP contribution in [0.15, 0.2) is 48.5 Å². The van der Waals surface area contributed by atoms with Gasteiger partial charge in [-0.1, -0.05) is 23.7 Å². The summed E-state index contributed by atoms with van der Waals surface area (Å²) in [5, 5.41) is 2.38. The van der Waals surface area contributed by atoms with Crippen molar-refractivity contribution >= 4 is 28.8 Å². The molecule has 5 heteroatoms. The summed E-state index contributed by atoms with van der Waals surface area (Å²) in [5.74, 6) is -0.0718. The van der Waals surface area contributed by atoms with E-state index < -0.39 is 0 Å². The molecule has 1 amide bonds. The molecule has 2 aromatic rings. The number of hydrogen-bond acceptors (Lipinski definition) is 3. The predicted octanol–water partition coefficient (Wildman–Crippen LogP) is 3.62. The SMILES string of the molecule is C=CCN(Cc1cccs1)C(=O)c1ccc(Cl)nc1. The molecular formula is C14H13ClN2OS. The third-order valence-electron chi connectivity index (χ3n) is 2.54. The van der Waals surface area contributed by atoms with Crippen molar-refractivity contribution in [1.82, 2.24) is 9.88 Å². The van der Waals surface area contributed by atoms with Crippen LogP contribution in [0.25, 0.3) is 0 Å². The van der Waals surface area contributed by atoms with Crippen molar-refractivity contribution in [3.63, 3.8) is 0 Å². The van der Waals surface area contributed by atoms with Crippen LogP contribution in [0.4, 0.5) is 0 Å². The van der Waals surface area contributed by atoms with Crippen LogP contribution in [0.5, 0.6) is 0 Å². The van der Waals surface area contributed by atoms with Gasteiger partial charge in [-0.25, -0.2) is 4.98 Å². The van der Waals surface area contributed by atoms with E-state index in [0.29, 0.717) is 23.8 Å². The zero-order valence-electron chi connectivity index (χ0n) is 10.3. The molecule has 0 aliphatic heterocycles. The maximum absolute atomic E-state index is 12.4. The normalized spacial score (nSPS) is 10.2. The van der Waals surface area contributed by atoms with Gasteiger partial charge in [-0.15, -0.1) is 17.9 Å². The number of carbonyl (C=O) groups excluding carboxylic acids is 1. The van der Waals surface area contributed by atoms with Crippen LogP contribution in [0.2, 0.25) is 5.15 Å². The van der Waals surface area contributed by atoms with E-state index in [1.807, 2.05) is 17.5 Å². The second-order valence-electron chi connectivity index (χ2n) is 3.92. The van der Waals surface area contributed by atoms with Crippen LogP contribution in [-0.4, -0.2) is 22.3 Å². The van der Waals surface area contributed by atoms with Crippen LogP contribution < -0.4 is 0 Å². The lowest BCUT2D eigenvalue weighted by Gasteiger charge is -2.20. The maximum Gasteiger partial charge on any atom is 0.256 e. The Bertz CT molecular complexity index is 551. The highest BCUT2D eigenvalue weighted by molar-refractivity contribution is 7.09. The summed E-state index contributed by atoms with van der Waals surface area (Å²) in [6.07, 6.45) is 3.21. The monoisotopic (exact) mass is 292 g/mol. The summed E-state index contributed by atoms with van der Waals surface area (Å²) in [4.78, 5) is 19.2. The quantitative estimate of drug-likeness (QED) is 0.623.